The van der Waals surface area contributed by atoms with Gasteiger partial charge in [-0.3, -0.25) is 20.2 Å². The summed E-state index contributed by atoms with van der Waals surface area (Å²) in [6.07, 6.45) is 0.939. The Hall–Kier alpha value is -3.15. The molecule has 0 bridgehead atoms. The van der Waals surface area contributed by atoms with E-state index in [1.165, 1.54) is 0 Å². The second-order valence-corrected chi connectivity index (χ2v) is 6.32. The van der Waals surface area contributed by atoms with Crippen LogP contribution in [-0.4, -0.2) is 20.7 Å². The van der Waals surface area contributed by atoms with Gasteiger partial charge in [0.1, 0.15) is 0 Å². The van der Waals surface area contributed by atoms with Gasteiger partial charge in [0.05, 0.1) is 5.69 Å². The molecule has 4 rings (SSSR count). The van der Waals surface area contributed by atoms with E-state index in [9.17, 15) is 4.79 Å². The molecule has 0 saturated heterocycles. The van der Waals surface area contributed by atoms with Crippen molar-refractivity contribution in [3.8, 4) is 17.1 Å². The fraction of sp³-hybridized carbons (Fsp3) is 0.211. The summed E-state index contributed by atoms with van der Waals surface area (Å²) < 4.78 is 1.89. The van der Waals surface area contributed by atoms with E-state index in [0.29, 0.717) is 17.7 Å². The molecule has 0 aliphatic heterocycles. The maximum absolute atomic E-state index is 12.1. The zero-order chi connectivity index (χ0) is 17.2. The smallest absolute Gasteiger partial charge is 0.248 e. The fourth-order valence-electron chi connectivity index (χ4n) is 2.86. The first kappa shape index (κ1) is 15.4. The molecule has 0 unspecified atom stereocenters. The first-order chi connectivity index (χ1) is 12.2. The predicted molar refractivity (Wildman–Crippen MR) is 95.8 cm³/mol. The summed E-state index contributed by atoms with van der Waals surface area (Å²) in [6, 6.07) is 19.7. The highest BCUT2D eigenvalue weighted by Gasteiger charge is 2.39. The number of nitrogens with one attached hydrogen (secondary N) is 2. The van der Waals surface area contributed by atoms with Gasteiger partial charge in [0.15, 0.2) is 5.82 Å². The minimum atomic E-state index is -0.00336. The molecule has 1 aliphatic rings. The Balaban J connectivity index is 1.67. The van der Waals surface area contributed by atoms with Gasteiger partial charge in [-0.25, -0.2) is 0 Å². The minimum Gasteiger partial charge on any atom is -0.273 e. The Morgan fingerprint density at radius 3 is 2.32 bits per heavy atom. The van der Waals surface area contributed by atoms with Crippen LogP contribution >= 0.6 is 0 Å². The summed E-state index contributed by atoms with van der Waals surface area (Å²) in [5, 5.41) is 8.54. The lowest BCUT2D eigenvalue weighted by Crippen LogP contribution is -2.32. The van der Waals surface area contributed by atoms with Crippen LogP contribution < -0.4 is 10.9 Å². The van der Waals surface area contributed by atoms with Gasteiger partial charge in [-0.15, -0.1) is 10.2 Å². The number of para-hydroxylation sites is 1. The first-order valence-corrected chi connectivity index (χ1v) is 8.36. The van der Waals surface area contributed by atoms with E-state index in [0.717, 1.165) is 17.7 Å². The van der Waals surface area contributed by atoms with Crippen molar-refractivity contribution in [2.45, 2.75) is 13.3 Å². The van der Waals surface area contributed by atoms with Crippen molar-refractivity contribution in [1.82, 2.24) is 20.2 Å². The Labute approximate surface area is 145 Å². The summed E-state index contributed by atoms with van der Waals surface area (Å²) in [7, 11) is 0. The highest BCUT2D eigenvalue weighted by atomic mass is 16.2. The monoisotopic (exact) mass is 333 g/mol. The van der Waals surface area contributed by atoms with Gasteiger partial charge < -0.3 is 0 Å². The van der Waals surface area contributed by atoms with Gasteiger partial charge in [-0.2, -0.15) is 0 Å². The molecule has 6 nitrogen and oxygen atoms in total. The maximum atomic E-state index is 12.1. The number of amides is 1. The molecule has 2 atom stereocenters. The number of rotatable bonds is 5. The Bertz CT molecular complexity index is 875. The van der Waals surface area contributed by atoms with Crippen molar-refractivity contribution in [2.24, 2.45) is 11.8 Å². The van der Waals surface area contributed by atoms with Crippen molar-refractivity contribution < 1.29 is 4.79 Å². The molecule has 1 amide bonds. The lowest BCUT2D eigenvalue weighted by Gasteiger charge is -2.12. The van der Waals surface area contributed by atoms with Gasteiger partial charge in [0.25, 0.3) is 0 Å². The number of benzene rings is 2. The van der Waals surface area contributed by atoms with Crippen molar-refractivity contribution in [2.75, 3.05) is 5.43 Å². The SMILES string of the molecule is C[C@H]1C[C@H]1C(=O)NNc1nnc(-c2ccccc2)n1-c1ccccc1. The summed E-state index contributed by atoms with van der Waals surface area (Å²) in [4.78, 5) is 12.1. The maximum Gasteiger partial charge on any atom is 0.248 e. The van der Waals surface area contributed by atoms with Crippen LogP contribution in [0.25, 0.3) is 17.1 Å². The quantitative estimate of drug-likeness (QED) is 0.704. The van der Waals surface area contributed by atoms with Crippen LogP contribution in [0.1, 0.15) is 13.3 Å². The first-order valence-electron chi connectivity index (χ1n) is 8.36. The second kappa shape index (κ2) is 6.39. The molecule has 0 spiro atoms. The van der Waals surface area contributed by atoms with E-state index in [1.807, 2.05) is 65.2 Å². The van der Waals surface area contributed by atoms with Crippen LogP contribution in [0.5, 0.6) is 0 Å². The van der Waals surface area contributed by atoms with Gasteiger partial charge in [-0.05, 0) is 24.5 Å². The minimum absolute atomic E-state index is 0.00336. The fourth-order valence-corrected chi connectivity index (χ4v) is 2.86. The summed E-state index contributed by atoms with van der Waals surface area (Å²) in [5.74, 6) is 1.73. The number of carbonyl (C=O) groups is 1. The van der Waals surface area contributed by atoms with E-state index in [2.05, 4.69) is 28.0 Å². The van der Waals surface area contributed by atoms with Gasteiger partial charge in [0, 0.05) is 11.5 Å². The van der Waals surface area contributed by atoms with Gasteiger partial charge >= 0.3 is 0 Å². The Kier molecular flexibility index (Phi) is 3.93. The van der Waals surface area contributed by atoms with Gasteiger partial charge in [-0.1, -0.05) is 55.5 Å². The average molecular weight is 333 g/mol. The zero-order valence-corrected chi connectivity index (χ0v) is 13.9. The van der Waals surface area contributed by atoms with Crippen LogP contribution in [0.4, 0.5) is 5.95 Å². The number of carbonyl (C=O) groups excluding carboxylic acids is 1. The van der Waals surface area contributed by atoms with Crippen molar-refractivity contribution in [1.29, 1.82) is 0 Å². The second-order valence-electron chi connectivity index (χ2n) is 6.32. The van der Waals surface area contributed by atoms with Gasteiger partial charge in [0.2, 0.25) is 11.9 Å². The highest BCUT2D eigenvalue weighted by Crippen LogP contribution is 2.37. The molecule has 1 heterocycles. The lowest BCUT2D eigenvalue weighted by molar-refractivity contribution is -0.122. The summed E-state index contributed by atoms with van der Waals surface area (Å²) in [6.45, 7) is 2.07. The average Bonchev–Trinajstić information content (AvgIpc) is 3.24. The predicted octanol–water partition coefficient (Wildman–Crippen LogP) is 3.03. The molecule has 6 heteroatoms. The van der Waals surface area contributed by atoms with Crippen LogP contribution in [0.15, 0.2) is 60.7 Å². The molecule has 2 aromatic carbocycles. The third kappa shape index (κ3) is 3.10. The van der Waals surface area contributed by atoms with E-state index >= 15 is 0 Å². The molecule has 25 heavy (non-hydrogen) atoms. The van der Waals surface area contributed by atoms with E-state index < -0.39 is 0 Å². The molecular weight excluding hydrogens is 314 g/mol. The molecule has 1 aliphatic carbocycles. The summed E-state index contributed by atoms with van der Waals surface area (Å²) in [5.41, 5.74) is 7.56. The molecule has 1 saturated carbocycles. The number of hydrogen-bond acceptors (Lipinski definition) is 4. The molecule has 2 N–H and O–H groups in total. The third-order valence-electron chi connectivity index (χ3n) is 4.45. The normalized spacial score (nSPS) is 18.6. The van der Waals surface area contributed by atoms with Crippen molar-refractivity contribution in [3.05, 3.63) is 60.7 Å². The van der Waals surface area contributed by atoms with Crippen molar-refractivity contribution in [3.63, 3.8) is 0 Å². The molecular formula is C19H19N5O. The van der Waals surface area contributed by atoms with E-state index in [-0.39, 0.29) is 11.8 Å². The van der Waals surface area contributed by atoms with E-state index in [1.54, 1.807) is 0 Å². The number of hydrazine groups is 1. The molecule has 1 aromatic heterocycles. The number of hydrogen-bond donors (Lipinski definition) is 2. The third-order valence-corrected chi connectivity index (χ3v) is 4.45. The zero-order valence-electron chi connectivity index (χ0n) is 13.9. The standard InChI is InChI=1S/C19H19N5O/c1-13-12-16(13)18(25)21-23-19-22-20-17(14-8-4-2-5-9-14)24(19)15-10-6-3-7-11-15/h2-11,13,16H,12H2,1H3,(H,21,25)(H,22,23)/t13-,16+/m0/s1. The lowest BCUT2D eigenvalue weighted by atomic mass is 10.2. The molecule has 1 fully saturated rings. The Morgan fingerprint density at radius 1 is 1.04 bits per heavy atom. The number of nitrogens with zero attached hydrogens (tertiary/aromatic N) is 3. The van der Waals surface area contributed by atoms with Crippen LogP contribution in [-0.2, 0) is 4.79 Å². The van der Waals surface area contributed by atoms with Crippen molar-refractivity contribution >= 4 is 11.9 Å². The molecule has 3 aromatic rings. The summed E-state index contributed by atoms with van der Waals surface area (Å²) >= 11 is 0. The molecule has 0 radical (unpaired) electrons. The topological polar surface area (TPSA) is 71.8 Å². The Morgan fingerprint density at radius 2 is 1.68 bits per heavy atom. The highest BCUT2D eigenvalue weighted by molar-refractivity contribution is 5.82. The number of aromatic nitrogens is 3. The van der Waals surface area contributed by atoms with Crippen LogP contribution in [0.3, 0.4) is 0 Å². The van der Waals surface area contributed by atoms with Crippen LogP contribution in [0, 0.1) is 11.8 Å². The van der Waals surface area contributed by atoms with Crippen LogP contribution in [0.2, 0.25) is 0 Å². The molecule has 126 valence electrons. The van der Waals surface area contributed by atoms with E-state index in [4.69, 9.17) is 0 Å². The number of anilines is 1. The largest absolute Gasteiger partial charge is 0.273 e.